The van der Waals surface area contributed by atoms with E-state index < -0.39 is 64.8 Å². The number of hydrogen-bond acceptors (Lipinski definition) is 15. The van der Waals surface area contributed by atoms with E-state index in [-0.39, 0.29) is 44.8 Å². The van der Waals surface area contributed by atoms with Gasteiger partial charge in [-0.05, 0) is 95.7 Å². The lowest BCUT2D eigenvalue weighted by Gasteiger charge is -2.15. The first kappa shape index (κ1) is 39.5. The molecule has 0 heterocycles. The number of carboxylic acids is 2. The van der Waals surface area contributed by atoms with Crippen molar-refractivity contribution >= 4 is 87.8 Å². The Morgan fingerprint density at radius 2 is 0.947 bits per heavy atom. The Morgan fingerprint density at radius 3 is 1.26 bits per heavy atom. The van der Waals surface area contributed by atoms with Crippen LogP contribution >= 0.6 is 0 Å². The van der Waals surface area contributed by atoms with Crippen molar-refractivity contribution in [2.75, 3.05) is 19.5 Å². The maximum Gasteiger partial charge on any atom is 0.335 e. The highest BCUT2D eigenvalue weighted by atomic mass is 32.2. The third-order valence-electron chi connectivity index (χ3n) is 8.28. The minimum absolute atomic E-state index is 0.118. The van der Waals surface area contributed by atoms with Gasteiger partial charge in [0.2, 0.25) is 0 Å². The topological polar surface area (TPSA) is 304 Å². The average Bonchev–Trinajstić information content (AvgIpc) is 3.14. The van der Waals surface area contributed by atoms with E-state index in [4.69, 9.17) is 19.7 Å². The number of anilines is 2. The first-order valence-electron chi connectivity index (χ1n) is 15.9. The Hall–Kier alpha value is -7.20. The van der Waals surface area contributed by atoms with E-state index in [1.165, 1.54) is 26.4 Å². The van der Waals surface area contributed by atoms with Crippen molar-refractivity contribution in [3.05, 3.63) is 96.1 Å². The van der Waals surface area contributed by atoms with Gasteiger partial charge in [0.05, 0.1) is 25.3 Å². The van der Waals surface area contributed by atoms with E-state index in [0.29, 0.717) is 22.1 Å². The standard InChI is InChI=1S/C36H27N5O14S2/c1-54-33-23-7-5-21(11-19(23)15-29(56(48,49)50)31(33)40-38-25-9-3-17(35(44)45)13-27(25)42)37-22-6-8-24-20(12-22)16-30(57(51,52)53)32(34(24)55-2)41-39-26-10-4-18(36(46)47)14-28(26)43/h3-16,37,42-43H,1-2H3,(H,44,45)(H,46,47)(H,48,49,50)(H,51,52,53). The lowest BCUT2D eigenvalue weighted by Crippen LogP contribution is -2.01. The second-order valence-electron chi connectivity index (χ2n) is 11.9. The molecule has 0 spiro atoms. The van der Waals surface area contributed by atoms with Gasteiger partial charge < -0.3 is 35.2 Å². The fourth-order valence-electron chi connectivity index (χ4n) is 5.68. The van der Waals surface area contributed by atoms with Gasteiger partial charge in [0.25, 0.3) is 20.2 Å². The largest absolute Gasteiger partial charge is 0.506 e. The molecule has 6 aromatic carbocycles. The van der Waals surface area contributed by atoms with Crippen LogP contribution in [0.4, 0.5) is 34.1 Å². The summed E-state index contributed by atoms with van der Waals surface area (Å²) in [5, 5.41) is 58.6. The highest BCUT2D eigenvalue weighted by Gasteiger charge is 2.25. The lowest BCUT2D eigenvalue weighted by atomic mass is 10.1. The van der Waals surface area contributed by atoms with E-state index >= 15 is 0 Å². The summed E-state index contributed by atoms with van der Waals surface area (Å²) in [5.41, 5.74) is -0.948. The fourth-order valence-corrected chi connectivity index (χ4v) is 6.99. The number of phenols is 2. The highest BCUT2D eigenvalue weighted by Crippen LogP contribution is 2.45. The van der Waals surface area contributed by atoms with Gasteiger partial charge in [-0.3, -0.25) is 9.11 Å². The summed E-state index contributed by atoms with van der Waals surface area (Å²) in [4.78, 5) is 21.0. The lowest BCUT2D eigenvalue weighted by molar-refractivity contribution is 0.0686. The molecular weight excluding hydrogens is 791 g/mol. The Morgan fingerprint density at radius 1 is 0.561 bits per heavy atom. The number of aromatic hydroxyl groups is 2. The third-order valence-corrected chi connectivity index (χ3v) is 10.0. The summed E-state index contributed by atoms with van der Waals surface area (Å²) < 4.78 is 81.5. The number of benzene rings is 6. The number of fused-ring (bicyclic) bond motifs is 2. The monoisotopic (exact) mass is 817 g/mol. The van der Waals surface area contributed by atoms with Crippen molar-refractivity contribution in [3.8, 4) is 23.0 Å². The number of rotatable bonds is 12. The van der Waals surface area contributed by atoms with Gasteiger partial charge in [-0.15, -0.1) is 20.5 Å². The molecule has 0 aliphatic carbocycles. The number of methoxy groups -OCH3 is 2. The maximum atomic E-state index is 12.6. The van der Waals surface area contributed by atoms with Crippen LogP contribution in [0.25, 0.3) is 21.5 Å². The molecule has 0 saturated heterocycles. The number of ether oxygens (including phenoxy) is 2. The second-order valence-corrected chi connectivity index (χ2v) is 14.7. The molecule has 0 saturated carbocycles. The van der Waals surface area contributed by atoms with Crippen LogP contribution in [-0.2, 0) is 20.2 Å². The number of nitrogens with one attached hydrogen (secondary N) is 1. The quantitative estimate of drug-likeness (QED) is 0.0456. The van der Waals surface area contributed by atoms with Crippen molar-refractivity contribution in [2.24, 2.45) is 20.5 Å². The minimum Gasteiger partial charge on any atom is -0.506 e. The van der Waals surface area contributed by atoms with Crippen LogP contribution in [0.1, 0.15) is 20.7 Å². The summed E-state index contributed by atoms with van der Waals surface area (Å²) in [6.07, 6.45) is 0. The van der Waals surface area contributed by atoms with E-state index in [9.17, 15) is 45.7 Å². The van der Waals surface area contributed by atoms with Crippen LogP contribution in [0.15, 0.2) is 115 Å². The summed E-state index contributed by atoms with van der Waals surface area (Å²) in [7, 11) is -7.47. The first-order valence-corrected chi connectivity index (χ1v) is 18.7. The summed E-state index contributed by atoms with van der Waals surface area (Å²) in [6.45, 7) is 0. The number of carbonyl (C=O) groups is 2. The molecule has 292 valence electrons. The maximum absolute atomic E-state index is 12.6. The zero-order chi connectivity index (χ0) is 41.4. The molecule has 0 fully saturated rings. The molecular formula is C36H27N5O14S2. The van der Waals surface area contributed by atoms with Crippen LogP contribution in [-0.4, -0.2) is 72.5 Å². The van der Waals surface area contributed by atoms with Crippen molar-refractivity contribution in [3.63, 3.8) is 0 Å². The first-order chi connectivity index (χ1) is 26.9. The van der Waals surface area contributed by atoms with Gasteiger partial charge in [-0.2, -0.15) is 16.8 Å². The number of carboxylic acid groups (broad SMARTS) is 2. The number of phenolic OH excluding ortho intramolecular Hbond substituents is 2. The molecule has 7 N–H and O–H groups in total. The highest BCUT2D eigenvalue weighted by molar-refractivity contribution is 7.86. The zero-order valence-corrected chi connectivity index (χ0v) is 30.8. The molecule has 0 atom stereocenters. The van der Waals surface area contributed by atoms with Crippen LogP contribution in [0, 0.1) is 0 Å². The molecule has 19 nitrogen and oxygen atoms in total. The Labute approximate surface area is 321 Å². The zero-order valence-electron chi connectivity index (χ0n) is 29.1. The fraction of sp³-hybridized carbons (Fsp3) is 0.0556. The van der Waals surface area contributed by atoms with E-state index in [2.05, 4.69) is 25.8 Å². The number of nitrogens with zero attached hydrogens (tertiary/aromatic N) is 4. The van der Waals surface area contributed by atoms with Crippen molar-refractivity contribution < 1.29 is 65.4 Å². The van der Waals surface area contributed by atoms with Crippen molar-refractivity contribution in [2.45, 2.75) is 9.79 Å². The SMILES string of the molecule is COc1c(N=Nc2ccc(C(=O)O)cc2O)c(S(=O)(=O)O)cc2cc(Nc3ccc4c(OC)c(N=Nc5ccc(C(=O)O)cc5O)c(S(=O)(=O)O)cc4c3)ccc12. The van der Waals surface area contributed by atoms with Crippen LogP contribution in [0.5, 0.6) is 23.0 Å². The molecule has 0 radical (unpaired) electrons. The van der Waals surface area contributed by atoms with Crippen molar-refractivity contribution in [1.29, 1.82) is 0 Å². The molecule has 0 aliphatic rings. The van der Waals surface area contributed by atoms with E-state index in [1.54, 1.807) is 24.3 Å². The predicted octanol–water partition coefficient (Wildman–Crippen LogP) is 7.89. The van der Waals surface area contributed by atoms with Gasteiger partial charge in [0.15, 0.2) is 11.5 Å². The van der Waals surface area contributed by atoms with Gasteiger partial charge in [0, 0.05) is 22.1 Å². The number of aromatic carboxylic acids is 2. The number of hydrogen-bond donors (Lipinski definition) is 7. The van der Waals surface area contributed by atoms with Crippen LogP contribution in [0.2, 0.25) is 0 Å². The van der Waals surface area contributed by atoms with E-state index in [1.807, 2.05) is 0 Å². The van der Waals surface area contributed by atoms with Crippen LogP contribution in [0.3, 0.4) is 0 Å². The molecule has 6 rings (SSSR count). The summed E-state index contributed by atoms with van der Waals surface area (Å²) in [6, 6.07) is 18.0. The molecule has 0 unspecified atom stereocenters. The predicted molar refractivity (Wildman–Crippen MR) is 202 cm³/mol. The second kappa shape index (κ2) is 15.1. The van der Waals surface area contributed by atoms with E-state index in [0.717, 1.165) is 48.5 Å². The van der Waals surface area contributed by atoms with Gasteiger partial charge in [-0.25, -0.2) is 9.59 Å². The molecule has 0 bridgehead atoms. The number of azo groups is 2. The molecule has 57 heavy (non-hydrogen) atoms. The Bertz CT molecular complexity index is 2750. The van der Waals surface area contributed by atoms with Gasteiger partial charge >= 0.3 is 11.9 Å². The Kier molecular flexibility index (Phi) is 10.5. The third kappa shape index (κ3) is 8.11. The molecule has 0 amide bonds. The molecule has 6 aromatic rings. The molecule has 0 aliphatic heterocycles. The van der Waals surface area contributed by atoms with Gasteiger partial charge in [0.1, 0.15) is 44.0 Å². The van der Waals surface area contributed by atoms with Crippen LogP contribution < -0.4 is 14.8 Å². The summed E-state index contributed by atoms with van der Waals surface area (Å²) >= 11 is 0. The average molecular weight is 818 g/mol. The van der Waals surface area contributed by atoms with Gasteiger partial charge in [-0.1, -0.05) is 0 Å². The minimum atomic E-state index is -4.96. The normalized spacial score (nSPS) is 12.1. The molecule has 0 aromatic heterocycles. The molecule has 21 heteroatoms. The smallest absolute Gasteiger partial charge is 0.335 e. The summed E-state index contributed by atoms with van der Waals surface area (Å²) in [5.74, 6) is -3.96. The Balaban J connectivity index is 1.39. The van der Waals surface area contributed by atoms with Crippen molar-refractivity contribution in [1.82, 2.24) is 0 Å².